The summed E-state index contributed by atoms with van der Waals surface area (Å²) in [6.07, 6.45) is 3.20. The van der Waals surface area contributed by atoms with E-state index in [2.05, 4.69) is 0 Å². The lowest BCUT2D eigenvalue weighted by molar-refractivity contribution is -0.0439. The van der Waals surface area contributed by atoms with Crippen molar-refractivity contribution in [1.82, 2.24) is 0 Å². The van der Waals surface area contributed by atoms with E-state index >= 15 is 0 Å². The summed E-state index contributed by atoms with van der Waals surface area (Å²) in [5.41, 5.74) is -4.12. The van der Waals surface area contributed by atoms with Crippen molar-refractivity contribution in [1.29, 1.82) is 0 Å². The molecule has 2 aliphatic rings. The van der Waals surface area contributed by atoms with Gasteiger partial charge >= 0.3 is 15.5 Å². The van der Waals surface area contributed by atoms with Gasteiger partial charge in [0.05, 0.1) is 11.7 Å². The summed E-state index contributed by atoms with van der Waals surface area (Å²) in [6.45, 7) is 0.109. The van der Waals surface area contributed by atoms with E-state index in [1.807, 2.05) is 0 Å². The highest BCUT2D eigenvalue weighted by Crippen LogP contribution is 2.40. The van der Waals surface area contributed by atoms with Gasteiger partial charge in [-0.15, -0.1) is 0 Å². The van der Waals surface area contributed by atoms with Gasteiger partial charge in [-0.1, -0.05) is 36.4 Å². The lowest BCUT2D eigenvalue weighted by Crippen LogP contribution is -2.44. The molecule has 0 N–H and O–H groups in total. The lowest BCUT2D eigenvalue weighted by Gasteiger charge is -2.25. The van der Waals surface area contributed by atoms with Gasteiger partial charge in [-0.25, -0.2) is 0 Å². The second-order valence-corrected chi connectivity index (χ2v) is 7.93. The third-order valence-electron chi connectivity index (χ3n) is 4.42. The molecule has 1 atom stereocenters. The molecule has 0 aliphatic carbocycles. The minimum atomic E-state index is -5.52. The van der Waals surface area contributed by atoms with Gasteiger partial charge in [0, 0.05) is 0 Å². The number of anilines is 1. The Morgan fingerprint density at radius 3 is 2.59 bits per heavy atom. The third kappa shape index (κ3) is 3.01. The summed E-state index contributed by atoms with van der Waals surface area (Å²) < 4.78 is 74.7. The van der Waals surface area contributed by atoms with E-state index in [-0.39, 0.29) is 18.9 Å². The fraction of sp³-hybridized carbons (Fsp3) is 0.222. The Hall–Kier alpha value is -2.68. The normalized spacial score (nSPS) is 18.9. The zero-order valence-corrected chi connectivity index (χ0v) is 14.6. The van der Waals surface area contributed by atoms with E-state index in [1.165, 1.54) is 18.2 Å². The molecule has 0 saturated heterocycles. The number of alkyl halides is 3. The highest BCUT2D eigenvalue weighted by Gasteiger charge is 2.53. The summed E-state index contributed by atoms with van der Waals surface area (Å²) in [7, 11) is -5.52. The van der Waals surface area contributed by atoms with Crippen molar-refractivity contribution >= 4 is 21.8 Å². The molecule has 5 nitrogen and oxygen atoms in total. The van der Waals surface area contributed by atoms with Crippen molar-refractivity contribution < 1.29 is 31.1 Å². The van der Waals surface area contributed by atoms with Gasteiger partial charge in [-0.2, -0.15) is 21.6 Å². The van der Waals surface area contributed by atoms with Crippen molar-refractivity contribution in [2.45, 2.75) is 18.0 Å². The maximum Gasteiger partial charge on any atom is 0.516 e. The Bertz CT molecular complexity index is 1020. The van der Waals surface area contributed by atoms with E-state index in [4.69, 9.17) is 9.47 Å². The highest BCUT2D eigenvalue weighted by molar-refractivity contribution is 7.93. The molecule has 4 rings (SSSR count). The molecular formula is C18H14F3NO4S. The molecule has 27 heavy (non-hydrogen) atoms. The van der Waals surface area contributed by atoms with E-state index in [9.17, 15) is 21.6 Å². The van der Waals surface area contributed by atoms with Crippen LogP contribution in [-0.2, 0) is 16.4 Å². The van der Waals surface area contributed by atoms with Gasteiger partial charge in [-0.3, -0.25) is 4.31 Å². The topological polar surface area (TPSA) is 55.8 Å². The Balaban J connectivity index is 1.69. The molecule has 9 heteroatoms. The van der Waals surface area contributed by atoms with Crippen LogP contribution in [0.4, 0.5) is 18.9 Å². The Labute approximate surface area is 153 Å². The molecule has 2 heterocycles. The molecule has 0 spiro atoms. The van der Waals surface area contributed by atoms with Crippen molar-refractivity contribution in [3.05, 3.63) is 59.7 Å². The Morgan fingerprint density at radius 2 is 1.81 bits per heavy atom. The molecule has 0 amide bonds. The van der Waals surface area contributed by atoms with Gasteiger partial charge in [-0.05, 0) is 35.7 Å². The molecule has 0 saturated carbocycles. The van der Waals surface area contributed by atoms with Gasteiger partial charge < -0.3 is 9.47 Å². The molecule has 0 fully saturated rings. The van der Waals surface area contributed by atoms with E-state index in [1.54, 1.807) is 36.4 Å². The molecule has 2 aromatic rings. The Morgan fingerprint density at radius 1 is 1.07 bits per heavy atom. The predicted molar refractivity (Wildman–Crippen MR) is 93.0 cm³/mol. The smallest absolute Gasteiger partial charge is 0.454 e. The summed E-state index contributed by atoms with van der Waals surface area (Å²) in [5.74, 6) is 1.12. The second-order valence-electron chi connectivity index (χ2n) is 6.12. The third-order valence-corrected chi connectivity index (χ3v) is 5.99. The van der Waals surface area contributed by atoms with Crippen LogP contribution in [-0.4, -0.2) is 26.8 Å². The summed E-state index contributed by atoms with van der Waals surface area (Å²) >= 11 is 0. The molecule has 2 aliphatic heterocycles. The fourth-order valence-corrected chi connectivity index (χ4v) is 4.35. The van der Waals surface area contributed by atoms with Crippen molar-refractivity contribution in [3.63, 3.8) is 0 Å². The van der Waals surface area contributed by atoms with Crippen LogP contribution in [0.2, 0.25) is 0 Å². The van der Waals surface area contributed by atoms with E-state index < -0.39 is 21.6 Å². The maximum atomic E-state index is 13.2. The number of hydrogen-bond donors (Lipinski definition) is 0. The van der Waals surface area contributed by atoms with Crippen LogP contribution >= 0.6 is 0 Å². The number of rotatable bonds is 3. The second kappa shape index (κ2) is 6.19. The molecule has 0 bridgehead atoms. The quantitative estimate of drug-likeness (QED) is 0.793. The molecule has 0 unspecified atom stereocenters. The summed E-state index contributed by atoms with van der Waals surface area (Å²) in [6, 6.07) is 10.3. The average molecular weight is 397 g/mol. The van der Waals surface area contributed by atoms with Crippen molar-refractivity contribution in [2.75, 3.05) is 11.1 Å². The zero-order chi connectivity index (χ0) is 19.2. The number of halogens is 3. The average Bonchev–Trinajstić information content (AvgIpc) is 3.22. The predicted octanol–water partition coefficient (Wildman–Crippen LogP) is 3.71. The molecule has 0 radical (unpaired) electrons. The molecular weight excluding hydrogens is 383 g/mol. The van der Waals surface area contributed by atoms with Crippen molar-refractivity contribution in [3.8, 4) is 11.5 Å². The zero-order valence-electron chi connectivity index (χ0n) is 13.8. The molecule has 2 aromatic carbocycles. The molecule has 142 valence electrons. The van der Waals surface area contributed by atoms with Crippen molar-refractivity contribution in [2.24, 2.45) is 0 Å². The first kappa shape index (κ1) is 17.7. The van der Waals surface area contributed by atoms with Gasteiger partial charge in [0.2, 0.25) is 6.79 Å². The van der Waals surface area contributed by atoms with Crippen LogP contribution in [0.25, 0.3) is 6.08 Å². The summed E-state index contributed by atoms with van der Waals surface area (Å²) in [5, 5.41) is 0. The van der Waals surface area contributed by atoms with Crippen LogP contribution in [0.15, 0.2) is 48.5 Å². The van der Waals surface area contributed by atoms with E-state index in [0.29, 0.717) is 26.9 Å². The number of benzene rings is 2. The van der Waals surface area contributed by atoms with E-state index in [0.717, 1.165) is 0 Å². The minimum absolute atomic E-state index is 0.0511. The largest absolute Gasteiger partial charge is 0.516 e. The van der Waals surface area contributed by atoms with Gasteiger partial charge in [0.1, 0.15) is 0 Å². The van der Waals surface area contributed by atoms with Crippen LogP contribution in [0.3, 0.4) is 0 Å². The number of ether oxygens (including phenoxy) is 2. The minimum Gasteiger partial charge on any atom is -0.454 e. The Kier molecular flexibility index (Phi) is 4.06. The summed E-state index contributed by atoms with van der Waals surface area (Å²) in [4.78, 5) is 0. The number of sulfonamides is 1. The first-order chi connectivity index (χ1) is 12.8. The number of fused-ring (bicyclic) bond motifs is 2. The fourth-order valence-electron chi connectivity index (χ4n) is 3.19. The number of para-hydroxylation sites is 1. The first-order valence-electron chi connectivity index (χ1n) is 8.04. The van der Waals surface area contributed by atoms with Crippen LogP contribution in [0.5, 0.6) is 11.5 Å². The van der Waals surface area contributed by atoms with Crippen LogP contribution in [0.1, 0.15) is 11.1 Å². The van der Waals surface area contributed by atoms with Gasteiger partial charge in [0.25, 0.3) is 0 Å². The number of hydrogen-bond acceptors (Lipinski definition) is 4. The molecule has 0 aromatic heterocycles. The standard InChI is InChI=1S/C18H14F3NO4S/c19-18(20,21)27(23,24)22-14(10-13-3-1-2-4-15(13)22)7-5-12-6-8-16-17(9-12)26-11-25-16/h1-9,14H,10-11H2/b7-5+/t14-/m1/s1. The maximum absolute atomic E-state index is 13.2. The number of nitrogens with zero attached hydrogens (tertiary/aromatic N) is 1. The highest BCUT2D eigenvalue weighted by atomic mass is 32.2. The monoisotopic (exact) mass is 397 g/mol. The first-order valence-corrected chi connectivity index (χ1v) is 9.48. The SMILES string of the molecule is O=S(=O)(N1c2ccccc2C[C@H]1/C=C/c1ccc2c(c1)OCO2)C(F)(F)F. The van der Waals surface area contributed by atoms with Crippen LogP contribution in [0, 0.1) is 0 Å². The van der Waals surface area contributed by atoms with Gasteiger partial charge in [0.15, 0.2) is 11.5 Å². The lowest BCUT2D eigenvalue weighted by atomic mass is 10.1. The van der Waals surface area contributed by atoms with Crippen LogP contribution < -0.4 is 13.8 Å².